The van der Waals surface area contributed by atoms with Crippen LogP contribution in [0.1, 0.15) is 49.3 Å². The normalized spacial score (nSPS) is 12.5. The fourth-order valence-electron chi connectivity index (χ4n) is 3.00. The number of aromatic nitrogens is 2. The minimum absolute atomic E-state index is 0.0856. The van der Waals surface area contributed by atoms with Crippen LogP contribution in [0.4, 0.5) is 8.78 Å². The van der Waals surface area contributed by atoms with E-state index in [-0.39, 0.29) is 18.4 Å². The molecule has 1 unspecified atom stereocenters. The van der Waals surface area contributed by atoms with E-state index >= 15 is 0 Å². The first kappa shape index (κ1) is 20.1. The average Bonchev–Trinajstić information content (AvgIpc) is 2.82. The Labute approximate surface area is 153 Å². The van der Waals surface area contributed by atoms with Crippen LogP contribution in [0.25, 0.3) is 0 Å². The van der Waals surface area contributed by atoms with Gasteiger partial charge in [0.2, 0.25) is 5.91 Å². The maximum atomic E-state index is 13.5. The summed E-state index contributed by atoms with van der Waals surface area (Å²) in [4.78, 5) is 14.3. The molecule has 0 radical (unpaired) electrons. The van der Waals surface area contributed by atoms with Crippen molar-refractivity contribution in [2.45, 2.75) is 53.6 Å². The molecule has 1 heterocycles. The molecule has 2 aromatic rings. The molecule has 0 bridgehead atoms. The van der Waals surface area contributed by atoms with Crippen molar-refractivity contribution < 1.29 is 13.6 Å². The quantitative estimate of drug-likeness (QED) is 0.772. The van der Waals surface area contributed by atoms with Crippen LogP contribution in [0.2, 0.25) is 0 Å². The smallest absolute Gasteiger partial charge is 0.227 e. The summed E-state index contributed by atoms with van der Waals surface area (Å²) in [5.41, 5.74) is 3.34. The Morgan fingerprint density at radius 1 is 1.19 bits per heavy atom. The molecular formula is C20H27F2N3O. The highest BCUT2D eigenvalue weighted by Crippen LogP contribution is 2.23. The number of halogens is 2. The SMILES string of the molecule is Cc1nn(CC(C)C)c(C)c1CC(=O)N(C)C(C)c1ccc(F)c(F)c1. The van der Waals surface area contributed by atoms with Gasteiger partial charge in [0, 0.05) is 24.8 Å². The molecule has 0 fully saturated rings. The second kappa shape index (κ2) is 7.98. The average molecular weight is 363 g/mol. The van der Waals surface area contributed by atoms with Gasteiger partial charge in [-0.05, 0) is 44.4 Å². The highest BCUT2D eigenvalue weighted by atomic mass is 19.2. The second-order valence-electron chi connectivity index (χ2n) is 7.26. The lowest BCUT2D eigenvalue weighted by molar-refractivity contribution is -0.131. The van der Waals surface area contributed by atoms with Crippen molar-refractivity contribution in [2.24, 2.45) is 5.92 Å². The van der Waals surface area contributed by atoms with Gasteiger partial charge in [-0.3, -0.25) is 9.48 Å². The van der Waals surface area contributed by atoms with Crippen LogP contribution in [0.15, 0.2) is 18.2 Å². The second-order valence-corrected chi connectivity index (χ2v) is 7.26. The Kier molecular flexibility index (Phi) is 6.16. The summed E-state index contributed by atoms with van der Waals surface area (Å²) in [6.07, 6.45) is 0.236. The summed E-state index contributed by atoms with van der Waals surface area (Å²) in [5, 5.41) is 4.54. The summed E-state index contributed by atoms with van der Waals surface area (Å²) in [6.45, 7) is 10.7. The molecule has 0 aliphatic rings. The summed E-state index contributed by atoms with van der Waals surface area (Å²) >= 11 is 0. The molecule has 4 nitrogen and oxygen atoms in total. The molecule has 0 aliphatic carbocycles. The number of hydrogen-bond acceptors (Lipinski definition) is 2. The largest absolute Gasteiger partial charge is 0.339 e. The van der Waals surface area contributed by atoms with E-state index in [2.05, 4.69) is 18.9 Å². The van der Waals surface area contributed by atoms with Gasteiger partial charge in [0.05, 0.1) is 18.2 Å². The summed E-state index contributed by atoms with van der Waals surface area (Å²) < 4.78 is 28.5. The first-order valence-corrected chi connectivity index (χ1v) is 8.85. The molecule has 0 saturated heterocycles. The van der Waals surface area contributed by atoms with Gasteiger partial charge in [-0.2, -0.15) is 5.10 Å². The van der Waals surface area contributed by atoms with E-state index in [0.29, 0.717) is 11.5 Å². The molecular weight excluding hydrogens is 336 g/mol. The van der Waals surface area contributed by atoms with Crippen molar-refractivity contribution in [3.8, 4) is 0 Å². The molecule has 142 valence electrons. The third-order valence-electron chi connectivity index (χ3n) is 4.80. The maximum Gasteiger partial charge on any atom is 0.227 e. The fourth-order valence-corrected chi connectivity index (χ4v) is 3.00. The van der Waals surface area contributed by atoms with Gasteiger partial charge < -0.3 is 4.90 Å². The Morgan fingerprint density at radius 2 is 1.85 bits per heavy atom. The monoisotopic (exact) mass is 363 g/mol. The number of carbonyl (C=O) groups is 1. The van der Waals surface area contributed by atoms with Gasteiger partial charge in [0.1, 0.15) is 0 Å². The molecule has 1 aromatic heterocycles. The highest BCUT2D eigenvalue weighted by molar-refractivity contribution is 5.79. The molecule has 26 heavy (non-hydrogen) atoms. The van der Waals surface area contributed by atoms with Crippen LogP contribution in [0.5, 0.6) is 0 Å². The van der Waals surface area contributed by atoms with Gasteiger partial charge in [0.15, 0.2) is 11.6 Å². The summed E-state index contributed by atoms with van der Waals surface area (Å²) in [6, 6.07) is 3.37. The van der Waals surface area contributed by atoms with E-state index in [9.17, 15) is 13.6 Å². The maximum absolute atomic E-state index is 13.5. The van der Waals surface area contributed by atoms with E-state index in [1.165, 1.54) is 6.07 Å². The van der Waals surface area contributed by atoms with Crippen LogP contribution < -0.4 is 0 Å². The van der Waals surface area contributed by atoms with Crippen LogP contribution in [-0.4, -0.2) is 27.6 Å². The van der Waals surface area contributed by atoms with Gasteiger partial charge >= 0.3 is 0 Å². The number of amides is 1. The topological polar surface area (TPSA) is 38.1 Å². The minimum Gasteiger partial charge on any atom is -0.339 e. The van der Waals surface area contributed by atoms with Crippen molar-refractivity contribution in [1.82, 2.24) is 14.7 Å². The Hall–Kier alpha value is -2.24. The molecule has 0 aliphatic heterocycles. The van der Waals surface area contributed by atoms with Crippen molar-refractivity contribution >= 4 is 5.91 Å². The molecule has 2 rings (SSSR count). The van der Waals surface area contributed by atoms with E-state index in [0.717, 1.165) is 35.6 Å². The number of nitrogens with zero attached hydrogens (tertiary/aromatic N) is 3. The van der Waals surface area contributed by atoms with E-state index in [1.54, 1.807) is 18.9 Å². The van der Waals surface area contributed by atoms with Gasteiger partial charge in [-0.15, -0.1) is 0 Å². The van der Waals surface area contributed by atoms with E-state index < -0.39 is 11.6 Å². The minimum atomic E-state index is -0.906. The van der Waals surface area contributed by atoms with Gasteiger partial charge in [-0.1, -0.05) is 19.9 Å². The van der Waals surface area contributed by atoms with Crippen LogP contribution in [-0.2, 0) is 17.8 Å². The zero-order valence-corrected chi connectivity index (χ0v) is 16.3. The first-order chi connectivity index (χ1) is 12.1. The summed E-state index contributed by atoms with van der Waals surface area (Å²) in [7, 11) is 1.68. The first-order valence-electron chi connectivity index (χ1n) is 8.85. The number of likely N-dealkylation sites (N-methyl/N-ethyl adjacent to an activating group) is 1. The van der Waals surface area contributed by atoms with Crippen LogP contribution in [0.3, 0.4) is 0 Å². The lowest BCUT2D eigenvalue weighted by Gasteiger charge is -2.25. The number of rotatable bonds is 6. The Bertz CT molecular complexity index is 799. The molecule has 0 spiro atoms. The zero-order chi connectivity index (χ0) is 19.6. The lowest BCUT2D eigenvalue weighted by atomic mass is 10.0. The van der Waals surface area contributed by atoms with Crippen molar-refractivity contribution in [3.63, 3.8) is 0 Å². The van der Waals surface area contributed by atoms with Crippen molar-refractivity contribution in [3.05, 3.63) is 52.3 Å². The predicted octanol–water partition coefficient (Wildman–Crippen LogP) is 4.20. The third-order valence-corrected chi connectivity index (χ3v) is 4.80. The molecule has 0 N–H and O–H groups in total. The van der Waals surface area contributed by atoms with Gasteiger partial charge in [0.25, 0.3) is 0 Å². The molecule has 1 atom stereocenters. The van der Waals surface area contributed by atoms with Gasteiger partial charge in [-0.25, -0.2) is 8.78 Å². The zero-order valence-electron chi connectivity index (χ0n) is 16.3. The third kappa shape index (κ3) is 4.29. The molecule has 6 heteroatoms. The standard InChI is InChI=1S/C20H27F2N3O/c1-12(2)11-25-15(5)17(13(3)23-25)10-20(26)24(6)14(4)16-7-8-18(21)19(22)9-16/h7-9,12,14H,10-11H2,1-6H3. The predicted molar refractivity (Wildman–Crippen MR) is 97.8 cm³/mol. The lowest BCUT2D eigenvalue weighted by Crippen LogP contribution is -2.31. The molecule has 1 amide bonds. The number of aryl methyl sites for hydroxylation is 1. The number of hydrogen-bond donors (Lipinski definition) is 0. The Morgan fingerprint density at radius 3 is 2.42 bits per heavy atom. The number of benzene rings is 1. The summed E-state index contributed by atoms with van der Waals surface area (Å²) in [5.74, 6) is -1.42. The van der Waals surface area contributed by atoms with E-state index in [4.69, 9.17) is 0 Å². The van der Waals surface area contributed by atoms with E-state index in [1.807, 2.05) is 18.5 Å². The van der Waals surface area contributed by atoms with Crippen LogP contribution in [0, 0.1) is 31.4 Å². The number of carbonyl (C=O) groups excluding carboxylic acids is 1. The highest BCUT2D eigenvalue weighted by Gasteiger charge is 2.22. The Balaban J connectivity index is 2.16. The molecule has 1 aromatic carbocycles. The molecule has 0 saturated carbocycles. The van der Waals surface area contributed by atoms with Crippen LogP contribution >= 0.6 is 0 Å². The van der Waals surface area contributed by atoms with Crippen molar-refractivity contribution in [1.29, 1.82) is 0 Å². The fraction of sp³-hybridized carbons (Fsp3) is 0.500. The van der Waals surface area contributed by atoms with Crippen molar-refractivity contribution in [2.75, 3.05) is 7.05 Å².